The highest BCUT2D eigenvalue weighted by Crippen LogP contribution is 2.44. The number of hydrogen-bond donors (Lipinski definition) is 2. The number of nitrogens with one attached hydrogen (secondary N) is 2. The monoisotopic (exact) mass is 682 g/mol. The normalized spacial score (nSPS) is 24.9. The molecule has 3 aliphatic rings. The summed E-state index contributed by atoms with van der Waals surface area (Å²) in [6.07, 6.45) is -4.63. The number of halogens is 4. The van der Waals surface area contributed by atoms with Gasteiger partial charge in [0.05, 0.1) is 28.5 Å². The molecule has 9 nitrogen and oxygen atoms in total. The van der Waals surface area contributed by atoms with Crippen molar-refractivity contribution in [1.29, 1.82) is 0 Å². The number of para-hydroxylation sites is 1. The van der Waals surface area contributed by atoms with Gasteiger partial charge in [0.15, 0.2) is 15.9 Å². The van der Waals surface area contributed by atoms with Crippen molar-refractivity contribution < 1.29 is 31.8 Å². The van der Waals surface area contributed by atoms with E-state index in [2.05, 4.69) is 9.71 Å². The fraction of sp³-hybridized carbons (Fsp3) is 0.433. The van der Waals surface area contributed by atoms with Crippen molar-refractivity contribution in [2.75, 3.05) is 25.5 Å². The van der Waals surface area contributed by atoms with E-state index in [1.54, 1.807) is 32.5 Å². The van der Waals surface area contributed by atoms with Gasteiger partial charge in [-0.25, -0.2) is 0 Å². The number of benzene rings is 2. The molecule has 0 saturated carbocycles. The first-order valence-electron chi connectivity index (χ1n) is 14.4. The molecule has 0 spiro atoms. The average molecular weight is 683 g/mol. The molecule has 3 fully saturated rings. The Bertz CT molecular complexity index is 1680. The highest BCUT2D eigenvalue weighted by Gasteiger charge is 2.57. The molecule has 3 aliphatic heterocycles. The molecule has 3 aromatic rings. The van der Waals surface area contributed by atoms with Crippen LogP contribution in [0, 0.1) is 5.92 Å². The predicted molar refractivity (Wildman–Crippen MR) is 167 cm³/mol. The Morgan fingerprint density at radius 2 is 1.76 bits per heavy atom. The number of nitrogens with zero attached hydrogens (tertiary/aromatic N) is 3. The van der Waals surface area contributed by atoms with E-state index in [0.29, 0.717) is 11.6 Å². The molecule has 15 heteroatoms. The van der Waals surface area contributed by atoms with E-state index in [1.807, 2.05) is 45.0 Å². The van der Waals surface area contributed by atoms with Crippen LogP contribution in [0.3, 0.4) is 0 Å². The Kier molecular flexibility index (Phi) is 8.24. The highest BCUT2D eigenvalue weighted by molar-refractivity contribution is 8.00. The van der Waals surface area contributed by atoms with E-state index in [9.17, 15) is 31.8 Å². The SMILES string of the molecule is C[C@H]1[C@H]2CN(C(=O)[C@H]3N(C(=O)c4cc5ccccc5[nH]4)CSC3(C)C)[C@@H]1CN2C(=O)CN[SH+](=O)c1cc(C(F)(F)F)ccc1Cl. The Morgan fingerprint density at radius 3 is 2.42 bits per heavy atom. The summed E-state index contributed by atoms with van der Waals surface area (Å²) in [5.41, 5.74) is 0.263. The Labute approximate surface area is 269 Å². The van der Waals surface area contributed by atoms with Gasteiger partial charge in [-0.2, -0.15) is 13.2 Å². The molecule has 6 rings (SSSR count). The van der Waals surface area contributed by atoms with Gasteiger partial charge in [-0.3, -0.25) is 14.4 Å². The molecule has 2 aromatic carbocycles. The van der Waals surface area contributed by atoms with Crippen molar-refractivity contribution in [2.45, 2.75) is 54.7 Å². The lowest BCUT2D eigenvalue weighted by atomic mass is 9.99. The van der Waals surface area contributed by atoms with Crippen LogP contribution < -0.4 is 4.72 Å². The first-order valence-corrected chi connectivity index (χ1v) is 17.0. The van der Waals surface area contributed by atoms with Crippen LogP contribution in [-0.2, 0) is 31.0 Å². The van der Waals surface area contributed by atoms with Gasteiger partial charge >= 0.3 is 6.18 Å². The first-order chi connectivity index (χ1) is 21.2. The maximum Gasteiger partial charge on any atom is 0.416 e. The van der Waals surface area contributed by atoms with Gasteiger partial charge in [0.1, 0.15) is 18.3 Å². The number of carbonyl (C=O) groups is 3. The van der Waals surface area contributed by atoms with Crippen LogP contribution in [0.5, 0.6) is 0 Å². The third-order valence-corrected chi connectivity index (χ3v) is 12.1. The predicted octanol–water partition coefficient (Wildman–Crippen LogP) is 4.45. The standard InChI is InChI=1S/C30H31ClF3N5O4S2/c1-16-22-14-38(23(16)13-37(22)25(40)12-35-45(43)24-11-18(30(32,33)34)8-9-19(24)31)28(42)26-29(2,3)44-15-39(26)27(41)21-10-17-6-4-5-7-20(17)36-21/h4-11,16,22-23,26,36H,12-15H2,1-3H3,(H,35,43)/p+1/t16-,22+,23+,26+,45?/m0/s1. The maximum absolute atomic E-state index is 14.2. The minimum Gasteiger partial charge on any atom is -0.351 e. The molecule has 0 aliphatic carbocycles. The zero-order chi connectivity index (χ0) is 32.4. The third-order valence-electron chi connectivity index (χ3n) is 9.05. The van der Waals surface area contributed by atoms with Gasteiger partial charge in [-0.15, -0.1) is 16.5 Å². The minimum absolute atomic E-state index is 0.0420. The summed E-state index contributed by atoms with van der Waals surface area (Å²) in [5.74, 6) is -0.474. The van der Waals surface area contributed by atoms with Crippen molar-refractivity contribution in [2.24, 2.45) is 5.92 Å². The van der Waals surface area contributed by atoms with E-state index < -0.39 is 33.5 Å². The smallest absolute Gasteiger partial charge is 0.351 e. The summed E-state index contributed by atoms with van der Waals surface area (Å²) in [6.45, 7) is 6.05. The second-order valence-corrected chi connectivity index (χ2v) is 15.5. The highest BCUT2D eigenvalue weighted by atomic mass is 35.5. The molecule has 1 unspecified atom stereocenters. The van der Waals surface area contributed by atoms with Crippen molar-refractivity contribution >= 4 is 63.0 Å². The van der Waals surface area contributed by atoms with Gasteiger partial charge in [0.25, 0.3) is 5.91 Å². The van der Waals surface area contributed by atoms with Gasteiger partial charge in [0.2, 0.25) is 11.8 Å². The van der Waals surface area contributed by atoms with Crippen LogP contribution in [-0.4, -0.2) is 85.8 Å². The van der Waals surface area contributed by atoms with Gasteiger partial charge in [-0.05, 0) is 38.1 Å². The van der Waals surface area contributed by atoms with Crippen LogP contribution in [0.1, 0.15) is 36.8 Å². The average Bonchev–Trinajstić information content (AvgIpc) is 3.74. The molecule has 240 valence electrons. The number of carbonyl (C=O) groups excluding carboxylic acids is 3. The molecule has 4 heterocycles. The fourth-order valence-corrected chi connectivity index (χ4v) is 9.06. The minimum atomic E-state index is -4.63. The topological polar surface area (TPSA) is 106 Å². The Morgan fingerprint density at radius 1 is 1.07 bits per heavy atom. The van der Waals surface area contributed by atoms with E-state index >= 15 is 0 Å². The van der Waals surface area contributed by atoms with E-state index in [0.717, 1.165) is 29.1 Å². The van der Waals surface area contributed by atoms with Crippen LogP contribution in [0.4, 0.5) is 13.2 Å². The van der Waals surface area contributed by atoms with E-state index in [1.165, 1.54) is 0 Å². The lowest BCUT2D eigenvalue weighted by Crippen LogP contribution is -2.59. The molecular formula is C30H32ClF3N5O4S2+. The molecule has 2 bridgehead atoms. The number of hydrogen-bond acceptors (Lipinski definition) is 5. The molecule has 0 radical (unpaired) electrons. The van der Waals surface area contributed by atoms with Gasteiger partial charge < -0.3 is 19.7 Å². The number of aromatic amines is 1. The van der Waals surface area contributed by atoms with Crippen LogP contribution in [0.15, 0.2) is 53.4 Å². The number of piperazine rings is 1. The molecule has 5 atom stereocenters. The summed E-state index contributed by atoms with van der Waals surface area (Å²) >= 11 is 7.55. The van der Waals surface area contributed by atoms with Crippen molar-refractivity contribution in [3.63, 3.8) is 0 Å². The molecule has 2 N–H and O–H groups in total. The lowest BCUT2D eigenvalue weighted by molar-refractivity contribution is -0.142. The quantitative estimate of drug-likeness (QED) is 0.295. The number of amides is 3. The number of rotatable bonds is 6. The maximum atomic E-state index is 14.2. The van der Waals surface area contributed by atoms with E-state index in [-0.39, 0.29) is 65.3 Å². The number of fused-ring (bicyclic) bond motifs is 3. The Hall–Kier alpha value is -3.07. The molecule has 3 saturated heterocycles. The molecule has 3 amide bonds. The lowest BCUT2D eigenvalue weighted by Gasteiger charge is -2.39. The van der Waals surface area contributed by atoms with Crippen LogP contribution in [0.2, 0.25) is 5.02 Å². The first kappa shape index (κ1) is 31.9. The largest absolute Gasteiger partial charge is 0.416 e. The van der Waals surface area contributed by atoms with Crippen LogP contribution in [0.25, 0.3) is 10.9 Å². The summed E-state index contributed by atoms with van der Waals surface area (Å²) in [7, 11) is -2.59. The number of alkyl halides is 3. The zero-order valence-electron chi connectivity index (χ0n) is 24.6. The molecule has 1 aromatic heterocycles. The number of likely N-dealkylation sites (tertiary alicyclic amines) is 2. The summed E-state index contributed by atoms with van der Waals surface area (Å²) < 4.78 is 54.2. The number of H-pyrrole nitrogens is 1. The second kappa shape index (κ2) is 11.6. The van der Waals surface area contributed by atoms with Crippen LogP contribution >= 0.6 is 23.4 Å². The molecule has 45 heavy (non-hydrogen) atoms. The fourth-order valence-electron chi connectivity index (χ4n) is 6.61. The summed E-state index contributed by atoms with van der Waals surface area (Å²) in [4.78, 5) is 49.0. The second-order valence-electron chi connectivity index (χ2n) is 12.1. The zero-order valence-corrected chi connectivity index (χ0v) is 27.1. The summed E-state index contributed by atoms with van der Waals surface area (Å²) in [6, 6.07) is 10.7. The van der Waals surface area contributed by atoms with E-state index in [4.69, 9.17) is 11.6 Å². The molecular weight excluding hydrogens is 651 g/mol. The van der Waals surface area contributed by atoms with Crippen molar-refractivity contribution in [3.05, 3.63) is 64.8 Å². The number of thiol groups is 1. The van der Waals surface area contributed by atoms with Gasteiger partial charge in [-0.1, -0.05) is 40.9 Å². The van der Waals surface area contributed by atoms with Crippen molar-refractivity contribution in [1.82, 2.24) is 24.4 Å². The number of aromatic nitrogens is 1. The Balaban J connectivity index is 1.12. The number of thioether (sulfide) groups is 1. The third kappa shape index (κ3) is 5.74. The van der Waals surface area contributed by atoms with Gasteiger partial charge in [0, 0.05) is 40.7 Å². The summed E-state index contributed by atoms with van der Waals surface area (Å²) in [5, 5.41) is 0.805. The van der Waals surface area contributed by atoms with Crippen molar-refractivity contribution in [3.8, 4) is 0 Å².